The van der Waals surface area contributed by atoms with E-state index in [1.807, 2.05) is 0 Å². The van der Waals surface area contributed by atoms with E-state index in [0.717, 1.165) is 6.42 Å². The van der Waals surface area contributed by atoms with Crippen LogP contribution in [0.4, 0.5) is 0 Å². The molecule has 21 heavy (non-hydrogen) atoms. The van der Waals surface area contributed by atoms with Crippen molar-refractivity contribution in [3.8, 4) is 11.1 Å². The van der Waals surface area contributed by atoms with Gasteiger partial charge in [0.1, 0.15) is 0 Å². The van der Waals surface area contributed by atoms with Gasteiger partial charge in [0.15, 0.2) is 0 Å². The molecule has 0 aliphatic heterocycles. The van der Waals surface area contributed by atoms with Crippen molar-refractivity contribution in [1.29, 1.82) is 0 Å². The fourth-order valence-electron chi connectivity index (χ4n) is 3.52. The first kappa shape index (κ1) is 14.1. The van der Waals surface area contributed by atoms with Crippen molar-refractivity contribution in [2.24, 2.45) is 0 Å². The molecule has 0 heterocycles. The summed E-state index contributed by atoms with van der Waals surface area (Å²) in [6.07, 6.45) is 3.49. The zero-order chi connectivity index (χ0) is 15.1. The first-order chi connectivity index (χ1) is 9.95. The van der Waals surface area contributed by atoms with E-state index < -0.39 is 0 Å². The van der Waals surface area contributed by atoms with Crippen LogP contribution >= 0.6 is 0 Å². The van der Waals surface area contributed by atoms with Crippen LogP contribution in [-0.2, 0) is 6.42 Å². The molecule has 108 valence electrons. The van der Waals surface area contributed by atoms with E-state index in [1.54, 1.807) is 0 Å². The van der Waals surface area contributed by atoms with E-state index in [2.05, 4.69) is 71.0 Å². The predicted octanol–water partition coefficient (Wildman–Crippen LogP) is 6.05. The SMILES string of the molecule is CC1=Cc2c(ccc(C(C)C)c2-c2cc(C)cc(C)c2)C1. The molecule has 2 aromatic carbocycles. The number of rotatable bonds is 2. The molecule has 0 atom stereocenters. The molecule has 0 N–H and O–H groups in total. The zero-order valence-electron chi connectivity index (χ0n) is 13.7. The van der Waals surface area contributed by atoms with Gasteiger partial charge in [-0.15, -0.1) is 0 Å². The van der Waals surface area contributed by atoms with Gasteiger partial charge in [0, 0.05) is 0 Å². The Morgan fingerprint density at radius 3 is 2.19 bits per heavy atom. The molecular weight excluding hydrogens is 252 g/mol. The standard InChI is InChI=1S/C21H24/c1-13(2)19-7-6-17-9-16(5)12-20(17)21(19)18-10-14(3)8-15(4)11-18/h6-8,10-13H,9H2,1-5H3. The summed E-state index contributed by atoms with van der Waals surface area (Å²) in [4.78, 5) is 0. The highest BCUT2D eigenvalue weighted by molar-refractivity contribution is 5.83. The van der Waals surface area contributed by atoms with Gasteiger partial charge in [-0.05, 0) is 60.9 Å². The third-order valence-electron chi connectivity index (χ3n) is 4.36. The van der Waals surface area contributed by atoms with E-state index in [-0.39, 0.29) is 0 Å². The molecule has 0 saturated heterocycles. The van der Waals surface area contributed by atoms with Crippen LogP contribution in [0.2, 0.25) is 0 Å². The molecule has 0 amide bonds. The van der Waals surface area contributed by atoms with Crippen molar-refractivity contribution in [3.05, 3.63) is 63.7 Å². The van der Waals surface area contributed by atoms with Gasteiger partial charge >= 0.3 is 0 Å². The van der Waals surface area contributed by atoms with Crippen molar-refractivity contribution in [2.45, 2.75) is 47.0 Å². The lowest BCUT2D eigenvalue weighted by Gasteiger charge is -2.18. The van der Waals surface area contributed by atoms with Crippen LogP contribution in [-0.4, -0.2) is 0 Å². The molecule has 0 fully saturated rings. The second-order valence-electron chi connectivity index (χ2n) is 6.80. The van der Waals surface area contributed by atoms with Gasteiger partial charge in [0.2, 0.25) is 0 Å². The number of hydrogen-bond donors (Lipinski definition) is 0. The Balaban J connectivity index is 2.32. The lowest BCUT2D eigenvalue weighted by molar-refractivity contribution is 0.867. The Hall–Kier alpha value is -1.82. The minimum absolute atomic E-state index is 0.542. The van der Waals surface area contributed by atoms with E-state index in [0.29, 0.717) is 5.92 Å². The van der Waals surface area contributed by atoms with Crippen LogP contribution < -0.4 is 0 Å². The van der Waals surface area contributed by atoms with Gasteiger partial charge in [0.25, 0.3) is 0 Å². The fraction of sp³-hybridized carbons (Fsp3) is 0.333. The maximum atomic E-state index is 2.38. The highest BCUT2D eigenvalue weighted by atomic mass is 14.2. The molecule has 3 rings (SSSR count). The average Bonchev–Trinajstić information content (AvgIpc) is 2.76. The lowest BCUT2D eigenvalue weighted by atomic mass is 9.86. The second-order valence-corrected chi connectivity index (χ2v) is 6.80. The van der Waals surface area contributed by atoms with Crippen molar-refractivity contribution < 1.29 is 0 Å². The zero-order valence-corrected chi connectivity index (χ0v) is 13.7. The predicted molar refractivity (Wildman–Crippen MR) is 92.8 cm³/mol. The van der Waals surface area contributed by atoms with Crippen molar-refractivity contribution >= 4 is 6.08 Å². The summed E-state index contributed by atoms with van der Waals surface area (Å²) >= 11 is 0. The van der Waals surface area contributed by atoms with Crippen LogP contribution in [0.1, 0.15) is 54.5 Å². The number of allylic oxidation sites excluding steroid dienone is 1. The largest absolute Gasteiger partial charge is 0.0683 e. The number of benzene rings is 2. The van der Waals surface area contributed by atoms with E-state index in [4.69, 9.17) is 0 Å². The van der Waals surface area contributed by atoms with Crippen LogP contribution in [0, 0.1) is 13.8 Å². The van der Waals surface area contributed by atoms with E-state index in [1.165, 1.54) is 44.5 Å². The molecule has 1 aliphatic carbocycles. The Morgan fingerprint density at radius 1 is 0.905 bits per heavy atom. The first-order valence-corrected chi connectivity index (χ1v) is 7.87. The Bertz CT molecular complexity index is 710. The normalized spacial score (nSPS) is 13.5. The lowest BCUT2D eigenvalue weighted by Crippen LogP contribution is -1.98. The molecule has 0 saturated carbocycles. The van der Waals surface area contributed by atoms with Crippen LogP contribution in [0.25, 0.3) is 17.2 Å². The maximum absolute atomic E-state index is 2.38. The summed E-state index contributed by atoms with van der Waals surface area (Å²) in [7, 11) is 0. The molecule has 0 bridgehead atoms. The Labute approximate surface area is 128 Å². The third kappa shape index (κ3) is 2.55. The van der Waals surface area contributed by atoms with Crippen molar-refractivity contribution in [2.75, 3.05) is 0 Å². The van der Waals surface area contributed by atoms with Gasteiger partial charge in [-0.25, -0.2) is 0 Å². The average molecular weight is 276 g/mol. The minimum Gasteiger partial charge on any atom is -0.0683 e. The van der Waals surface area contributed by atoms with Crippen LogP contribution in [0.5, 0.6) is 0 Å². The van der Waals surface area contributed by atoms with Gasteiger partial charge < -0.3 is 0 Å². The summed E-state index contributed by atoms with van der Waals surface area (Å²) in [5.41, 5.74) is 11.4. The summed E-state index contributed by atoms with van der Waals surface area (Å²) in [5, 5.41) is 0. The molecule has 1 aliphatic rings. The van der Waals surface area contributed by atoms with Gasteiger partial charge in [-0.2, -0.15) is 0 Å². The molecule has 0 aromatic heterocycles. The van der Waals surface area contributed by atoms with Gasteiger partial charge in [-0.1, -0.05) is 67.0 Å². The molecule has 2 aromatic rings. The summed E-state index contributed by atoms with van der Waals surface area (Å²) < 4.78 is 0. The topological polar surface area (TPSA) is 0 Å². The quantitative estimate of drug-likeness (QED) is 0.626. The number of hydrogen-bond acceptors (Lipinski definition) is 0. The van der Waals surface area contributed by atoms with Crippen molar-refractivity contribution in [3.63, 3.8) is 0 Å². The second kappa shape index (κ2) is 5.18. The maximum Gasteiger partial charge on any atom is -0.00604 e. The van der Waals surface area contributed by atoms with E-state index in [9.17, 15) is 0 Å². The Kier molecular flexibility index (Phi) is 3.49. The molecule has 0 nitrogen and oxygen atoms in total. The highest BCUT2D eigenvalue weighted by Crippen LogP contribution is 2.39. The first-order valence-electron chi connectivity index (χ1n) is 7.87. The number of aryl methyl sites for hydroxylation is 2. The van der Waals surface area contributed by atoms with Gasteiger partial charge in [-0.3, -0.25) is 0 Å². The highest BCUT2D eigenvalue weighted by Gasteiger charge is 2.19. The molecule has 0 spiro atoms. The van der Waals surface area contributed by atoms with Crippen LogP contribution in [0.15, 0.2) is 35.9 Å². The summed E-state index contributed by atoms with van der Waals surface area (Å²) in [6, 6.07) is 11.6. The molecule has 0 unspecified atom stereocenters. The third-order valence-corrected chi connectivity index (χ3v) is 4.36. The monoisotopic (exact) mass is 276 g/mol. The molecular formula is C21H24. The molecule has 0 heteroatoms. The minimum atomic E-state index is 0.542. The van der Waals surface area contributed by atoms with E-state index >= 15 is 0 Å². The summed E-state index contributed by atoms with van der Waals surface area (Å²) in [6.45, 7) is 11.2. The van der Waals surface area contributed by atoms with Gasteiger partial charge in [0.05, 0.1) is 0 Å². The number of fused-ring (bicyclic) bond motifs is 1. The Morgan fingerprint density at radius 2 is 1.57 bits per heavy atom. The molecule has 0 radical (unpaired) electrons. The smallest absolute Gasteiger partial charge is 0.00604 e. The fourth-order valence-corrected chi connectivity index (χ4v) is 3.52. The summed E-state index contributed by atoms with van der Waals surface area (Å²) in [5.74, 6) is 0.542. The van der Waals surface area contributed by atoms with Crippen molar-refractivity contribution in [1.82, 2.24) is 0 Å². The van der Waals surface area contributed by atoms with Crippen LogP contribution in [0.3, 0.4) is 0 Å².